The van der Waals surface area contributed by atoms with Crippen molar-refractivity contribution in [1.29, 1.82) is 5.26 Å². The van der Waals surface area contributed by atoms with E-state index >= 15 is 0 Å². The Labute approximate surface area is 163 Å². The fourth-order valence-corrected chi connectivity index (χ4v) is 4.03. The monoisotopic (exact) mass is 378 g/mol. The first-order valence-electron chi connectivity index (χ1n) is 9.44. The van der Waals surface area contributed by atoms with Gasteiger partial charge in [-0.05, 0) is 43.4 Å². The van der Waals surface area contributed by atoms with Crippen LogP contribution in [0.25, 0.3) is 10.9 Å². The molecule has 1 aliphatic heterocycles. The van der Waals surface area contributed by atoms with Gasteiger partial charge in [-0.25, -0.2) is 0 Å². The van der Waals surface area contributed by atoms with Crippen molar-refractivity contribution < 1.29 is 14.3 Å². The summed E-state index contributed by atoms with van der Waals surface area (Å²) < 4.78 is 5.33. The number of hydrogen-bond acceptors (Lipinski definition) is 5. The minimum Gasteiger partial charge on any atom is -0.377 e. The summed E-state index contributed by atoms with van der Waals surface area (Å²) in [5.41, 5.74) is 2.15. The summed E-state index contributed by atoms with van der Waals surface area (Å²) >= 11 is 0. The molecule has 2 aliphatic rings. The van der Waals surface area contributed by atoms with Crippen molar-refractivity contribution in [2.75, 3.05) is 13.7 Å². The number of rotatable bonds is 5. The summed E-state index contributed by atoms with van der Waals surface area (Å²) in [7, 11) is 1.64. The molecule has 0 bridgehead atoms. The number of ether oxygens (including phenoxy) is 1. The van der Waals surface area contributed by atoms with Crippen molar-refractivity contribution >= 4 is 22.7 Å². The number of carbonyl (C=O) groups is 2. The van der Waals surface area contributed by atoms with Crippen LogP contribution in [0.5, 0.6) is 0 Å². The fraction of sp³-hybridized carbons (Fsp3) is 0.429. The van der Waals surface area contributed by atoms with E-state index in [1.165, 1.54) is 0 Å². The Morgan fingerprint density at radius 2 is 2.21 bits per heavy atom. The number of nitrogens with zero attached hydrogens (tertiary/aromatic N) is 3. The number of hydrogen-bond donors (Lipinski definition) is 1. The first-order chi connectivity index (χ1) is 13.5. The smallest absolute Gasteiger partial charge is 0.252 e. The van der Waals surface area contributed by atoms with Gasteiger partial charge < -0.3 is 15.0 Å². The highest BCUT2D eigenvalue weighted by atomic mass is 16.5. The van der Waals surface area contributed by atoms with Crippen LogP contribution in [0, 0.1) is 17.2 Å². The van der Waals surface area contributed by atoms with E-state index < -0.39 is 0 Å². The number of amides is 2. The zero-order valence-electron chi connectivity index (χ0n) is 15.9. The second kappa shape index (κ2) is 7.21. The van der Waals surface area contributed by atoms with E-state index in [9.17, 15) is 14.9 Å². The van der Waals surface area contributed by atoms with Crippen LogP contribution in [0.4, 0.5) is 0 Å². The Hall–Kier alpha value is -2.98. The molecular weight excluding hydrogens is 356 g/mol. The number of piperidine rings is 1. The molecule has 7 heteroatoms. The van der Waals surface area contributed by atoms with Crippen LogP contribution in [0.3, 0.4) is 0 Å². The molecule has 4 atom stereocenters. The Morgan fingerprint density at radius 1 is 1.39 bits per heavy atom. The Balaban J connectivity index is 1.48. The van der Waals surface area contributed by atoms with E-state index in [0.29, 0.717) is 17.0 Å². The van der Waals surface area contributed by atoms with Crippen molar-refractivity contribution in [1.82, 2.24) is 15.2 Å². The van der Waals surface area contributed by atoms with E-state index in [1.807, 2.05) is 25.1 Å². The second-order valence-electron chi connectivity index (χ2n) is 7.44. The predicted molar refractivity (Wildman–Crippen MR) is 102 cm³/mol. The second-order valence-corrected chi connectivity index (χ2v) is 7.44. The molecule has 1 unspecified atom stereocenters. The molecule has 2 amide bonds. The maximum atomic E-state index is 12.7. The SMILES string of the molecule is COC(C)c1ccc2c(C(=O)NCC(=O)N3[C@H](C#N)C[C@@H]4C[C@@H]43)ccnc2c1. The van der Waals surface area contributed by atoms with Crippen LogP contribution < -0.4 is 5.32 Å². The molecule has 1 aromatic heterocycles. The van der Waals surface area contributed by atoms with E-state index in [0.717, 1.165) is 23.8 Å². The summed E-state index contributed by atoms with van der Waals surface area (Å²) in [6.07, 6.45) is 3.23. The molecule has 1 N–H and O–H groups in total. The van der Waals surface area contributed by atoms with Gasteiger partial charge in [-0.3, -0.25) is 14.6 Å². The number of pyridine rings is 1. The molecule has 1 aliphatic carbocycles. The lowest BCUT2D eigenvalue weighted by atomic mass is 10.0. The number of fused-ring (bicyclic) bond motifs is 2. The Kier molecular flexibility index (Phi) is 4.73. The highest BCUT2D eigenvalue weighted by molar-refractivity contribution is 6.07. The molecule has 7 nitrogen and oxygen atoms in total. The molecule has 2 aromatic rings. The summed E-state index contributed by atoms with van der Waals surface area (Å²) in [6, 6.07) is 9.32. The minimum absolute atomic E-state index is 0.0684. The molecule has 4 rings (SSSR count). The zero-order chi connectivity index (χ0) is 19.8. The highest BCUT2D eigenvalue weighted by Gasteiger charge is 2.53. The molecule has 2 heterocycles. The predicted octanol–water partition coefficient (Wildman–Crippen LogP) is 2.18. The third-order valence-corrected chi connectivity index (χ3v) is 5.78. The molecule has 2 fully saturated rings. The number of nitrogens with one attached hydrogen (secondary N) is 1. The largest absolute Gasteiger partial charge is 0.377 e. The highest BCUT2D eigenvalue weighted by Crippen LogP contribution is 2.47. The number of aromatic nitrogens is 1. The maximum Gasteiger partial charge on any atom is 0.252 e. The zero-order valence-corrected chi connectivity index (χ0v) is 15.9. The van der Waals surface area contributed by atoms with Crippen LogP contribution in [0.1, 0.15) is 41.8 Å². The van der Waals surface area contributed by atoms with Gasteiger partial charge in [-0.15, -0.1) is 0 Å². The van der Waals surface area contributed by atoms with Crippen molar-refractivity contribution in [3.63, 3.8) is 0 Å². The van der Waals surface area contributed by atoms with E-state index in [2.05, 4.69) is 16.4 Å². The molecule has 1 saturated heterocycles. The van der Waals surface area contributed by atoms with E-state index in [4.69, 9.17) is 4.74 Å². The van der Waals surface area contributed by atoms with Gasteiger partial charge in [0.2, 0.25) is 5.91 Å². The Bertz CT molecular complexity index is 983. The van der Waals surface area contributed by atoms with Crippen LogP contribution in [-0.4, -0.2) is 47.4 Å². The number of benzene rings is 1. The van der Waals surface area contributed by atoms with Gasteiger partial charge in [0.25, 0.3) is 5.91 Å². The van der Waals surface area contributed by atoms with Gasteiger partial charge >= 0.3 is 0 Å². The van der Waals surface area contributed by atoms with Gasteiger partial charge in [-0.2, -0.15) is 5.26 Å². The lowest BCUT2D eigenvalue weighted by molar-refractivity contribution is -0.131. The summed E-state index contributed by atoms with van der Waals surface area (Å²) in [6.45, 7) is 1.84. The molecular formula is C21H22N4O3. The van der Waals surface area contributed by atoms with Crippen molar-refractivity contribution in [3.05, 3.63) is 41.6 Å². The van der Waals surface area contributed by atoms with Crippen LogP contribution >= 0.6 is 0 Å². The summed E-state index contributed by atoms with van der Waals surface area (Å²) in [5.74, 6) is -0.0649. The quantitative estimate of drug-likeness (QED) is 0.860. The molecule has 1 aromatic carbocycles. The van der Waals surface area contributed by atoms with Crippen LogP contribution in [0.15, 0.2) is 30.5 Å². The summed E-state index contributed by atoms with van der Waals surface area (Å²) in [5, 5.41) is 12.7. The molecule has 144 valence electrons. The molecule has 28 heavy (non-hydrogen) atoms. The first-order valence-corrected chi connectivity index (χ1v) is 9.44. The normalized spacial score (nSPS) is 23.8. The van der Waals surface area contributed by atoms with Gasteiger partial charge in [0.05, 0.1) is 29.8 Å². The third-order valence-electron chi connectivity index (χ3n) is 5.78. The van der Waals surface area contributed by atoms with Crippen molar-refractivity contribution in [2.45, 2.75) is 38.0 Å². The minimum atomic E-state index is -0.365. The lowest BCUT2D eigenvalue weighted by Crippen LogP contribution is -2.44. The molecule has 0 radical (unpaired) electrons. The van der Waals surface area contributed by atoms with Crippen LogP contribution in [0.2, 0.25) is 0 Å². The number of carbonyl (C=O) groups excluding carboxylic acids is 2. The number of methoxy groups -OCH3 is 1. The lowest BCUT2D eigenvalue weighted by Gasteiger charge is -2.22. The van der Waals surface area contributed by atoms with Gasteiger partial charge in [0, 0.05) is 24.7 Å². The van der Waals surface area contributed by atoms with E-state index in [-0.39, 0.29) is 36.5 Å². The van der Waals surface area contributed by atoms with Gasteiger partial charge in [0.15, 0.2) is 0 Å². The van der Waals surface area contributed by atoms with Crippen molar-refractivity contribution in [3.8, 4) is 6.07 Å². The topological polar surface area (TPSA) is 95.3 Å². The third kappa shape index (κ3) is 3.20. The standard InChI is InChI=1S/C21H22N4O3/c1-12(28-2)13-3-4-16-17(5-6-23-18(16)8-13)21(27)24-11-20(26)25-15(10-22)7-14-9-19(14)25/h3-6,8,12,14-15,19H,7,9,11H2,1-2H3,(H,24,27)/t12?,14-,15+,19+/m1/s1. The maximum absolute atomic E-state index is 12.7. The number of likely N-dealkylation sites (tertiary alicyclic amines) is 1. The van der Waals surface area contributed by atoms with Gasteiger partial charge in [-0.1, -0.05) is 12.1 Å². The fourth-order valence-electron chi connectivity index (χ4n) is 4.03. The molecule has 0 spiro atoms. The summed E-state index contributed by atoms with van der Waals surface area (Å²) in [4.78, 5) is 31.2. The molecule has 1 saturated carbocycles. The Morgan fingerprint density at radius 3 is 2.96 bits per heavy atom. The van der Waals surface area contributed by atoms with E-state index in [1.54, 1.807) is 24.3 Å². The van der Waals surface area contributed by atoms with Gasteiger partial charge in [0.1, 0.15) is 6.04 Å². The first kappa shape index (κ1) is 18.4. The average Bonchev–Trinajstić information content (AvgIpc) is 3.39. The van der Waals surface area contributed by atoms with Crippen molar-refractivity contribution in [2.24, 2.45) is 5.92 Å². The average molecular weight is 378 g/mol. The number of nitriles is 1. The van der Waals surface area contributed by atoms with Crippen LogP contribution in [-0.2, 0) is 9.53 Å².